The fourth-order valence-corrected chi connectivity index (χ4v) is 2.92. The molecule has 134 valence electrons. The lowest BCUT2D eigenvalue weighted by Crippen LogP contribution is -2.48. The lowest BCUT2D eigenvalue weighted by atomic mass is 10.1. The second-order valence-electron chi connectivity index (χ2n) is 6.38. The minimum absolute atomic E-state index is 0.0538. The van der Waals surface area contributed by atoms with Gasteiger partial charge in [-0.05, 0) is 12.6 Å². The van der Waals surface area contributed by atoms with E-state index < -0.39 is 0 Å². The van der Waals surface area contributed by atoms with Crippen molar-refractivity contribution in [1.82, 2.24) is 25.6 Å². The predicted octanol–water partition coefficient (Wildman–Crippen LogP) is 1.46. The summed E-state index contributed by atoms with van der Waals surface area (Å²) in [7, 11) is 2.14. The molecule has 3 rings (SSSR count). The number of carbonyl (C=O) groups excluding carboxylic acids is 1. The number of carbonyl (C=O) groups is 1. The molecule has 2 aromatic rings. The monoisotopic (exact) mass is 343 g/mol. The van der Waals surface area contributed by atoms with Crippen molar-refractivity contribution in [3.05, 3.63) is 53.9 Å². The highest BCUT2D eigenvalue weighted by Gasteiger charge is 2.21. The number of piperazine rings is 1. The van der Waals surface area contributed by atoms with Crippen LogP contribution in [0.2, 0.25) is 0 Å². The summed E-state index contributed by atoms with van der Waals surface area (Å²) in [6, 6.07) is 11.6. The fourth-order valence-electron chi connectivity index (χ4n) is 2.92. The molecule has 1 aromatic carbocycles. The predicted molar refractivity (Wildman–Crippen MR) is 95.0 cm³/mol. The molecule has 25 heavy (non-hydrogen) atoms. The topological polar surface area (TPSA) is 73.6 Å². The number of amides is 2. The van der Waals surface area contributed by atoms with Crippen molar-refractivity contribution in [2.24, 2.45) is 0 Å². The first-order valence-electron chi connectivity index (χ1n) is 8.60. The summed E-state index contributed by atoms with van der Waals surface area (Å²) in [5.74, 6) is 0. The molecule has 0 spiro atoms. The van der Waals surface area contributed by atoms with Gasteiger partial charge in [0.05, 0.1) is 12.6 Å². The Kier molecular flexibility index (Phi) is 6.03. The molecule has 0 bridgehead atoms. The van der Waals surface area contributed by atoms with Crippen LogP contribution in [-0.4, -0.2) is 60.8 Å². The zero-order valence-electron chi connectivity index (χ0n) is 14.5. The third-order valence-electron chi connectivity index (χ3n) is 4.47. The van der Waals surface area contributed by atoms with E-state index in [9.17, 15) is 4.79 Å². The highest BCUT2D eigenvalue weighted by Crippen LogP contribution is 2.15. The summed E-state index contributed by atoms with van der Waals surface area (Å²) >= 11 is 0. The first kappa shape index (κ1) is 17.4. The summed E-state index contributed by atoms with van der Waals surface area (Å²) < 4.78 is 4.77. The van der Waals surface area contributed by atoms with Crippen molar-refractivity contribution in [2.45, 2.75) is 12.6 Å². The number of hydrogen-bond donors (Lipinski definition) is 2. The molecule has 2 amide bonds. The van der Waals surface area contributed by atoms with Crippen LogP contribution in [0.25, 0.3) is 0 Å². The molecule has 0 aliphatic carbocycles. The second kappa shape index (κ2) is 8.64. The van der Waals surface area contributed by atoms with Gasteiger partial charge < -0.3 is 20.1 Å². The number of urea groups is 1. The average molecular weight is 343 g/mol. The Balaban J connectivity index is 1.59. The number of aromatic nitrogens is 1. The van der Waals surface area contributed by atoms with Crippen molar-refractivity contribution >= 4 is 6.03 Å². The summed E-state index contributed by atoms with van der Waals surface area (Å²) in [6.45, 7) is 5.29. The molecule has 1 aliphatic heterocycles. The maximum Gasteiger partial charge on any atom is 0.315 e. The molecule has 0 radical (unpaired) electrons. The second-order valence-corrected chi connectivity index (χ2v) is 6.38. The highest BCUT2D eigenvalue weighted by atomic mass is 16.5. The van der Waals surface area contributed by atoms with Gasteiger partial charge in [0, 0.05) is 38.8 Å². The minimum Gasteiger partial charge on any atom is -0.364 e. The molecular weight excluding hydrogens is 318 g/mol. The molecule has 2 heterocycles. The Morgan fingerprint density at radius 1 is 1.20 bits per heavy atom. The number of likely N-dealkylation sites (N-methyl/N-ethyl adjacent to an activating group) is 1. The molecule has 0 saturated carbocycles. The van der Waals surface area contributed by atoms with Gasteiger partial charge in [0.25, 0.3) is 0 Å². The van der Waals surface area contributed by atoms with Gasteiger partial charge in [0.1, 0.15) is 12.0 Å². The molecule has 7 nitrogen and oxygen atoms in total. The quantitative estimate of drug-likeness (QED) is 0.831. The molecular formula is C18H25N5O2. The van der Waals surface area contributed by atoms with Crippen LogP contribution in [0.5, 0.6) is 0 Å². The third kappa shape index (κ3) is 5.30. The SMILES string of the molecule is CN1CCN(C[C@H](NC(=O)NCc2ccon2)c2ccccc2)CC1. The van der Waals surface area contributed by atoms with E-state index in [-0.39, 0.29) is 12.1 Å². The number of hydrogen-bond acceptors (Lipinski definition) is 5. The van der Waals surface area contributed by atoms with Crippen molar-refractivity contribution in [1.29, 1.82) is 0 Å². The van der Waals surface area contributed by atoms with E-state index in [1.54, 1.807) is 6.07 Å². The lowest BCUT2D eigenvalue weighted by Gasteiger charge is -2.35. The van der Waals surface area contributed by atoms with Crippen LogP contribution in [0.3, 0.4) is 0 Å². The molecule has 1 aromatic heterocycles. The van der Waals surface area contributed by atoms with E-state index >= 15 is 0 Å². The Bertz CT molecular complexity index is 639. The van der Waals surface area contributed by atoms with E-state index in [2.05, 4.69) is 44.8 Å². The number of nitrogens with one attached hydrogen (secondary N) is 2. The van der Waals surface area contributed by atoms with Crippen LogP contribution in [0.4, 0.5) is 4.79 Å². The smallest absolute Gasteiger partial charge is 0.315 e. The molecule has 0 unspecified atom stereocenters. The number of nitrogens with zero attached hydrogens (tertiary/aromatic N) is 3. The van der Waals surface area contributed by atoms with E-state index in [0.717, 1.165) is 38.3 Å². The largest absolute Gasteiger partial charge is 0.364 e. The van der Waals surface area contributed by atoms with Crippen LogP contribution < -0.4 is 10.6 Å². The number of benzene rings is 1. The Labute approximate surface area is 148 Å². The van der Waals surface area contributed by atoms with Gasteiger partial charge in [-0.3, -0.25) is 4.90 Å². The van der Waals surface area contributed by atoms with Crippen LogP contribution in [0, 0.1) is 0 Å². The van der Waals surface area contributed by atoms with E-state index in [4.69, 9.17) is 4.52 Å². The fraction of sp³-hybridized carbons (Fsp3) is 0.444. The Morgan fingerprint density at radius 2 is 1.96 bits per heavy atom. The molecule has 1 saturated heterocycles. The highest BCUT2D eigenvalue weighted by molar-refractivity contribution is 5.74. The van der Waals surface area contributed by atoms with E-state index in [1.165, 1.54) is 6.26 Å². The lowest BCUT2D eigenvalue weighted by molar-refractivity contribution is 0.142. The Morgan fingerprint density at radius 3 is 2.64 bits per heavy atom. The van der Waals surface area contributed by atoms with Crippen molar-refractivity contribution in [2.75, 3.05) is 39.8 Å². The first-order chi connectivity index (χ1) is 12.2. The van der Waals surface area contributed by atoms with Crippen LogP contribution in [0.1, 0.15) is 17.3 Å². The zero-order valence-corrected chi connectivity index (χ0v) is 14.5. The van der Waals surface area contributed by atoms with E-state index in [0.29, 0.717) is 12.2 Å². The van der Waals surface area contributed by atoms with Gasteiger partial charge in [-0.2, -0.15) is 0 Å². The van der Waals surface area contributed by atoms with Crippen LogP contribution >= 0.6 is 0 Å². The normalized spacial score (nSPS) is 17.2. The molecule has 1 atom stereocenters. The maximum absolute atomic E-state index is 12.3. The average Bonchev–Trinajstić information content (AvgIpc) is 3.16. The summed E-state index contributed by atoms with van der Waals surface area (Å²) in [5.41, 5.74) is 1.81. The molecule has 1 aliphatic rings. The van der Waals surface area contributed by atoms with Crippen molar-refractivity contribution < 1.29 is 9.32 Å². The summed E-state index contributed by atoms with van der Waals surface area (Å²) in [5, 5.41) is 9.72. The van der Waals surface area contributed by atoms with Crippen molar-refractivity contribution in [3.8, 4) is 0 Å². The van der Waals surface area contributed by atoms with Gasteiger partial charge in [-0.15, -0.1) is 0 Å². The maximum atomic E-state index is 12.3. The molecule has 1 fully saturated rings. The van der Waals surface area contributed by atoms with Gasteiger partial charge in [-0.25, -0.2) is 4.79 Å². The van der Waals surface area contributed by atoms with Gasteiger partial charge >= 0.3 is 6.03 Å². The zero-order chi connectivity index (χ0) is 17.5. The van der Waals surface area contributed by atoms with Gasteiger partial charge in [0.2, 0.25) is 0 Å². The first-order valence-corrected chi connectivity index (χ1v) is 8.60. The summed E-state index contributed by atoms with van der Waals surface area (Å²) in [4.78, 5) is 17.0. The number of rotatable bonds is 6. The third-order valence-corrected chi connectivity index (χ3v) is 4.47. The van der Waals surface area contributed by atoms with Gasteiger partial charge in [-0.1, -0.05) is 35.5 Å². The van der Waals surface area contributed by atoms with Crippen LogP contribution in [0.15, 0.2) is 47.2 Å². The summed E-state index contributed by atoms with van der Waals surface area (Å²) in [6.07, 6.45) is 1.50. The molecule has 2 N–H and O–H groups in total. The van der Waals surface area contributed by atoms with Crippen LogP contribution in [-0.2, 0) is 6.54 Å². The van der Waals surface area contributed by atoms with E-state index in [1.807, 2.05) is 18.2 Å². The standard InChI is InChI=1S/C18H25N5O2/c1-22-8-10-23(11-9-22)14-17(15-5-3-2-4-6-15)20-18(24)19-13-16-7-12-25-21-16/h2-7,12,17H,8-11,13-14H2,1H3,(H2,19,20,24)/t17-/m0/s1. The van der Waals surface area contributed by atoms with Gasteiger partial charge in [0.15, 0.2) is 0 Å². The Hall–Kier alpha value is -2.38. The van der Waals surface area contributed by atoms with Crippen molar-refractivity contribution in [3.63, 3.8) is 0 Å². The minimum atomic E-state index is -0.203. The molecule has 7 heteroatoms.